The number of anilines is 2. The number of hydrogen-bond donors (Lipinski definition) is 1. The number of nitrogens with zero attached hydrogens (tertiary/aromatic N) is 4. The molecule has 0 amide bonds. The molecule has 0 atom stereocenters. The number of rotatable bonds is 4. The lowest BCUT2D eigenvalue weighted by Crippen LogP contribution is -1.99. The van der Waals surface area contributed by atoms with Gasteiger partial charge in [-0.15, -0.1) is 0 Å². The number of benzene rings is 1. The number of fused-ring (bicyclic) bond motifs is 1. The molecule has 1 aromatic carbocycles. The van der Waals surface area contributed by atoms with Gasteiger partial charge < -0.3 is 5.32 Å². The summed E-state index contributed by atoms with van der Waals surface area (Å²) in [6.45, 7) is 6.13. The van der Waals surface area contributed by atoms with Gasteiger partial charge in [-0.3, -0.25) is 4.68 Å². The molecule has 0 saturated heterocycles. The van der Waals surface area contributed by atoms with Crippen LogP contribution in [0.2, 0.25) is 5.02 Å². The minimum atomic E-state index is -0.372. The molecule has 4 rings (SSSR count). The van der Waals surface area contributed by atoms with Crippen LogP contribution in [0.15, 0.2) is 42.7 Å². The Morgan fingerprint density at radius 2 is 1.86 bits per heavy atom. The van der Waals surface area contributed by atoms with Gasteiger partial charge in [-0.05, 0) is 54.3 Å². The van der Waals surface area contributed by atoms with Crippen molar-refractivity contribution in [2.24, 2.45) is 7.05 Å². The van der Waals surface area contributed by atoms with E-state index in [2.05, 4.69) is 34.2 Å². The maximum Gasteiger partial charge on any atom is 0.151 e. The van der Waals surface area contributed by atoms with E-state index in [4.69, 9.17) is 11.6 Å². The Bertz CT molecular complexity index is 1220. The highest BCUT2D eigenvalue weighted by atomic mass is 35.5. The monoisotopic (exact) mass is 409 g/mol. The maximum atomic E-state index is 14.9. The third-order valence-electron chi connectivity index (χ3n) is 4.82. The second-order valence-electron chi connectivity index (χ2n) is 7.41. The van der Waals surface area contributed by atoms with E-state index in [0.29, 0.717) is 33.3 Å². The van der Waals surface area contributed by atoms with Crippen LogP contribution in [0.1, 0.15) is 31.0 Å². The highest BCUT2D eigenvalue weighted by molar-refractivity contribution is 6.33. The maximum absolute atomic E-state index is 14.9. The van der Waals surface area contributed by atoms with Gasteiger partial charge in [-0.25, -0.2) is 14.4 Å². The zero-order valence-corrected chi connectivity index (χ0v) is 17.4. The fraction of sp³-hybridized carbons (Fsp3) is 0.227. The molecule has 0 aliphatic heterocycles. The lowest BCUT2D eigenvalue weighted by molar-refractivity contribution is 0.629. The fourth-order valence-corrected chi connectivity index (χ4v) is 3.79. The number of nitrogens with one attached hydrogen (secondary N) is 1. The van der Waals surface area contributed by atoms with Gasteiger partial charge in [0.05, 0.1) is 5.02 Å². The molecular weight excluding hydrogens is 389 g/mol. The SMILES string of the molecule is Cc1ccnc(Nc2cc(-c3cc(F)c4nn(C)c(C(C)C)c4c3)c(Cl)cn2)c1. The first-order valence-corrected chi connectivity index (χ1v) is 9.73. The molecule has 0 saturated carbocycles. The van der Waals surface area contributed by atoms with Crippen molar-refractivity contribution in [1.29, 1.82) is 0 Å². The van der Waals surface area contributed by atoms with Crippen LogP contribution in [0.4, 0.5) is 16.0 Å². The number of aryl methyl sites for hydroxylation is 2. The Morgan fingerprint density at radius 1 is 1.10 bits per heavy atom. The normalized spacial score (nSPS) is 11.4. The zero-order valence-electron chi connectivity index (χ0n) is 16.7. The average molecular weight is 410 g/mol. The van der Waals surface area contributed by atoms with Crippen molar-refractivity contribution < 1.29 is 4.39 Å². The highest BCUT2D eigenvalue weighted by Gasteiger charge is 2.18. The summed E-state index contributed by atoms with van der Waals surface area (Å²) in [5.74, 6) is 1.10. The minimum Gasteiger partial charge on any atom is -0.325 e. The summed E-state index contributed by atoms with van der Waals surface area (Å²) in [5.41, 5.74) is 3.80. The molecule has 0 bridgehead atoms. The first kappa shape index (κ1) is 19.3. The van der Waals surface area contributed by atoms with Crippen LogP contribution >= 0.6 is 11.6 Å². The second-order valence-corrected chi connectivity index (χ2v) is 7.82. The van der Waals surface area contributed by atoms with E-state index in [-0.39, 0.29) is 11.7 Å². The van der Waals surface area contributed by atoms with Crippen LogP contribution in [0.5, 0.6) is 0 Å². The largest absolute Gasteiger partial charge is 0.325 e. The summed E-state index contributed by atoms with van der Waals surface area (Å²) >= 11 is 6.42. The third kappa shape index (κ3) is 3.68. The first-order chi connectivity index (χ1) is 13.8. The molecule has 4 aromatic rings. The summed E-state index contributed by atoms with van der Waals surface area (Å²) in [6.07, 6.45) is 3.29. The molecule has 0 aliphatic rings. The van der Waals surface area contributed by atoms with Crippen molar-refractivity contribution in [2.45, 2.75) is 26.7 Å². The second kappa shape index (κ2) is 7.44. The van der Waals surface area contributed by atoms with Crippen molar-refractivity contribution in [3.63, 3.8) is 0 Å². The molecule has 5 nitrogen and oxygen atoms in total. The van der Waals surface area contributed by atoms with Crippen molar-refractivity contribution >= 4 is 34.1 Å². The minimum absolute atomic E-state index is 0.206. The van der Waals surface area contributed by atoms with E-state index < -0.39 is 0 Å². The molecule has 3 aromatic heterocycles. The molecule has 29 heavy (non-hydrogen) atoms. The zero-order chi connectivity index (χ0) is 20.7. The smallest absolute Gasteiger partial charge is 0.151 e. The molecule has 148 valence electrons. The van der Waals surface area contributed by atoms with Crippen LogP contribution in [0.3, 0.4) is 0 Å². The van der Waals surface area contributed by atoms with Gasteiger partial charge >= 0.3 is 0 Å². The summed E-state index contributed by atoms with van der Waals surface area (Å²) in [5, 5.41) is 8.76. The van der Waals surface area contributed by atoms with E-state index in [1.807, 2.05) is 32.2 Å². The van der Waals surface area contributed by atoms with Gasteiger partial charge in [0.1, 0.15) is 17.2 Å². The summed E-state index contributed by atoms with van der Waals surface area (Å²) in [4.78, 5) is 8.62. The Hall–Kier alpha value is -2.99. The van der Waals surface area contributed by atoms with E-state index in [9.17, 15) is 4.39 Å². The predicted octanol–water partition coefficient (Wildman–Crippen LogP) is 6.00. The van der Waals surface area contributed by atoms with Gasteiger partial charge in [-0.1, -0.05) is 25.4 Å². The van der Waals surface area contributed by atoms with Crippen LogP contribution in [0.25, 0.3) is 22.0 Å². The van der Waals surface area contributed by atoms with E-state index in [1.54, 1.807) is 23.1 Å². The number of halogens is 2. The Kier molecular flexibility index (Phi) is 4.96. The van der Waals surface area contributed by atoms with E-state index in [0.717, 1.165) is 16.6 Å². The molecule has 7 heteroatoms. The molecule has 0 unspecified atom stereocenters. The number of pyridine rings is 2. The molecule has 1 N–H and O–H groups in total. The van der Waals surface area contributed by atoms with Crippen molar-refractivity contribution in [3.05, 3.63) is 64.8 Å². The van der Waals surface area contributed by atoms with Crippen LogP contribution in [0, 0.1) is 12.7 Å². The lowest BCUT2D eigenvalue weighted by Gasteiger charge is -2.11. The quantitative estimate of drug-likeness (QED) is 0.449. The van der Waals surface area contributed by atoms with Gasteiger partial charge in [-0.2, -0.15) is 5.10 Å². The average Bonchev–Trinajstić information content (AvgIpc) is 3.00. The Labute approximate surface area is 173 Å². The molecule has 3 heterocycles. The Morgan fingerprint density at radius 3 is 2.59 bits per heavy atom. The summed E-state index contributed by atoms with van der Waals surface area (Å²) < 4.78 is 16.6. The van der Waals surface area contributed by atoms with Gasteiger partial charge in [0.25, 0.3) is 0 Å². The highest BCUT2D eigenvalue weighted by Crippen LogP contribution is 2.35. The van der Waals surface area contributed by atoms with Crippen molar-refractivity contribution in [1.82, 2.24) is 19.7 Å². The predicted molar refractivity (Wildman–Crippen MR) is 115 cm³/mol. The van der Waals surface area contributed by atoms with Crippen LogP contribution in [-0.2, 0) is 7.05 Å². The van der Waals surface area contributed by atoms with Gasteiger partial charge in [0, 0.05) is 36.1 Å². The molecule has 0 radical (unpaired) electrons. The Balaban J connectivity index is 1.82. The third-order valence-corrected chi connectivity index (χ3v) is 5.12. The van der Waals surface area contributed by atoms with Gasteiger partial charge in [0.2, 0.25) is 0 Å². The summed E-state index contributed by atoms with van der Waals surface area (Å²) in [6, 6.07) is 9.06. The first-order valence-electron chi connectivity index (χ1n) is 9.35. The molecule has 0 spiro atoms. The number of aromatic nitrogens is 4. The summed E-state index contributed by atoms with van der Waals surface area (Å²) in [7, 11) is 1.84. The number of hydrogen-bond acceptors (Lipinski definition) is 4. The van der Waals surface area contributed by atoms with Crippen molar-refractivity contribution in [2.75, 3.05) is 5.32 Å². The van der Waals surface area contributed by atoms with Crippen LogP contribution < -0.4 is 5.32 Å². The molecule has 0 fully saturated rings. The topological polar surface area (TPSA) is 55.6 Å². The van der Waals surface area contributed by atoms with Crippen LogP contribution in [-0.4, -0.2) is 19.7 Å². The fourth-order valence-electron chi connectivity index (χ4n) is 3.58. The molecule has 0 aliphatic carbocycles. The van der Waals surface area contributed by atoms with Crippen molar-refractivity contribution in [3.8, 4) is 11.1 Å². The van der Waals surface area contributed by atoms with E-state index in [1.165, 1.54) is 6.07 Å². The van der Waals surface area contributed by atoms with E-state index >= 15 is 0 Å². The van der Waals surface area contributed by atoms with Gasteiger partial charge in [0.15, 0.2) is 5.82 Å². The molecular formula is C22H21ClFN5. The standard InChI is InChI=1S/C22H21ClFN5/c1-12(2)22-16-8-14(9-18(24)21(16)28-29(22)4)15-10-20(26-11-17(15)23)27-19-7-13(3)5-6-25-19/h5-12H,1-4H3,(H,25,26,27). The lowest BCUT2D eigenvalue weighted by atomic mass is 10.00.